The molecule has 0 radical (unpaired) electrons. The van der Waals surface area contributed by atoms with Crippen LogP contribution in [0.3, 0.4) is 0 Å². The fraction of sp³-hybridized carbons (Fsp3) is 0.286. The van der Waals surface area contributed by atoms with E-state index in [1.54, 1.807) is 43.3 Å². The zero-order valence-corrected chi connectivity index (χ0v) is 13.0. The highest BCUT2D eigenvalue weighted by Gasteiger charge is 2.17. The molecular weight excluding hydrogens is 314 g/mol. The van der Waals surface area contributed by atoms with Crippen molar-refractivity contribution in [2.24, 2.45) is 0 Å². The summed E-state index contributed by atoms with van der Waals surface area (Å²) in [5.41, 5.74) is 0.621. The fourth-order valence-electron chi connectivity index (χ4n) is 1.79. The van der Waals surface area contributed by atoms with E-state index in [9.17, 15) is 13.5 Å². The van der Waals surface area contributed by atoms with Crippen LogP contribution in [0.15, 0.2) is 40.8 Å². The predicted molar refractivity (Wildman–Crippen MR) is 80.5 cm³/mol. The van der Waals surface area contributed by atoms with Gasteiger partial charge in [0.15, 0.2) is 0 Å². The Morgan fingerprint density at radius 2 is 1.90 bits per heavy atom. The Bertz CT molecular complexity index is 694. The molecule has 1 atom stereocenters. The van der Waals surface area contributed by atoms with Gasteiger partial charge in [0.1, 0.15) is 17.6 Å². The maximum absolute atomic E-state index is 11.9. The molecule has 1 unspecified atom stereocenters. The largest absolute Gasteiger partial charge is 0.464 e. The van der Waals surface area contributed by atoms with E-state index < -0.39 is 16.1 Å². The van der Waals surface area contributed by atoms with Crippen LogP contribution in [0.5, 0.6) is 0 Å². The lowest BCUT2D eigenvalue weighted by Crippen LogP contribution is -2.29. The van der Waals surface area contributed by atoms with Crippen LogP contribution < -0.4 is 4.72 Å². The Hall–Kier alpha value is -1.34. The van der Waals surface area contributed by atoms with E-state index in [1.165, 1.54) is 0 Å². The Balaban J connectivity index is 1.93. The number of sulfonamides is 1. The number of furan rings is 1. The number of rotatable bonds is 6. The van der Waals surface area contributed by atoms with Crippen molar-refractivity contribution in [2.75, 3.05) is 6.54 Å². The fourth-order valence-corrected chi connectivity index (χ4v) is 3.06. The molecule has 1 heterocycles. The molecule has 5 nitrogen and oxygen atoms in total. The molecule has 0 amide bonds. The summed E-state index contributed by atoms with van der Waals surface area (Å²) in [5.74, 6) is 0.823. The monoisotopic (exact) mass is 329 g/mol. The maximum Gasteiger partial charge on any atom is 0.215 e. The highest BCUT2D eigenvalue weighted by molar-refractivity contribution is 7.88. The van der Waals surface area contributed by atoms with Crippen LogP contribution in [0.1, 0.15) is 23.2 Å². The van der Waals surface area contributed by atoms with Crippen LogP contribution in [0.4, 0.5) is 0 Å². The summed E-state index contributed by atoms with van der Waals surface area (Å²) in [4.78, 5) is 0. The van der Waals surface area contributed by atoms with E-state index in [1.807, 2.05) is 0 Å². The maximum atomic E-state index is 11.9. The average Bonchev–Trinajstić information content (AvgIpc) is 2.85. The summed E-state index contributed by atoms with van der Waals surface area (Å²) in [6.07, 6.45) is -1.02. The molecule has 2 rings (SSSR count). The molecular formula is C14H16ClNO4S. The highest BCUT2D eigenvalue weighted by atomic mass is 35.5. The van der Waals surface area contributed by atoms with Gasteiger partial charge in [-0.2, -0.15) is 0 Å². The molecule has 1 aromatic heterocycles. The van der Waals surface area contributed by atoms with Crippen molar-refractivity contribution in [1.82, 2.24) is 4.72 Å². The zero-order chi connectivity index (χ0) is 15.5. The number of benzene rings is 1. The molecule has 2 aromatic rings. The van der Waals surface area contributed by atoms with E-state index in [4.69, 9.17) is 16.0 Å². The van der Waals surface area contributed by atoms with Crippen molar-refractivity contribution in [2.45, 2.75) is 18.8 Å². The number of nitrogens with one attached hydrogen (secondary N) is 1. The first kappa shape index (κ1) is 16.0. The number of aryl methyl sites for hydroxylation is 1. The molecule has 0 fully saturated rings. The second-order valence-electron chi connectivity index (χ2n) is 4.70. The molecule has 0 aliphatic carbocycles. The lowest BCUT2D eigenvalue weighted by Gasteiger charge is -2.10. The van der Waals surface area contributed by atoms with Crippen LogP contribution >= 0.6 is 11.6 Å². The number of aliphatic hydroxyl groups is 1. The van der Waals surface area contributed by atoms with Gasteiger partial charge in [-0.05, 0) is 36.8 Å². The Labute approximate surface area is 128 Å². The van der Waals surface area contributed by atoms with Gasteiger partial charge in [0.25, 0.3) is 0 Å². The van der Waals surface area contributed by atoms with E-state index in [0.29, 0.717) is 22.1 Å². The topological polar surface area (TPSA) is 79.5 Å². The van der Waals surface area contributed by atoms with Gasteiger partial charge >= 0.3 is 0 Å². The van der Waals surface area contributed by atoms with Crippen LogP contribution in [0.2, 0.25) is 5.02 Å². The van der Waals surface area contributed by atoms with Crippen molar-refractivity contribution in [1.29, 1.82) is 0 Å². The molecule has 2 N–H and O–H groups in total. The van der Waals surface area contributed by atoms with Crippen molar-refractivity contribution in [3.63, 3.8) is 0 Å². The molecule has 114 valence electrons. The van der Waals surface area contributed by atoms with E-state index >= 15 is 0 Å². The van der Waals surface area contributed by atoms with Crippen molar-refractivity contribution < 1.29 is 17.9 Å². The second kappa shape index (κ2) is 6.62. The number of hydrogen-bond donors (Lipinski definition) is 2. The molecule has 0 bridgehead atoms. The number of aliphatic hydroxyl groups excluding tert-OH is 1. The minimum absolute atomic E-state index is 0.136. The van der Waals surface area contributed by atoms with Crippen LogP contribution in [-0.4, -0.2) is 20.1 Å². The summed E-state index contributed by atoms with van der Waals surface area (Å²) in [5, 5.41) is 10.4. The van der Waals surface area contributed by atoms with E-state index in [0.717, 1.165) is 0 Å². The second-order valence-corrected chi connectivity index (χ2v) is 6.94. The van der Waals surface area contributed by atoms with Crippen LogP contribution in [0, 0.1) is 6.92 Å². The number of halogens is 1. The first-order valence-corrected chi connectivity index (χ1v) is 8.35. The molecule has 21 heavy (non-hydrogen) atoms. The lowest BCUT2D eigenvalue weighted by atomic mass is 10.2. The Morgan fingerprint density at radius 1 is 1.24 bits per heavy atom. The quantitative estimate of drug-likeness (QED) is 0.853. The summed E-state index contributed by atoms with van der Waals surface area (Å²) in [6, 6.07) is 9.88. The minimum atomic E-state index is -3.54. The van der Waals surface area contributed by atoms with Crippen molar-refractivity contribution in [3.05, 3.63) is 58.5 Å². The van der Waals surface area contributed by atoms with Crippen molar-refractivity contribution >= 4 is 21.6 Å². The summed E-state index contributed by atoms with van der Waals surface area (Å²) < 4.78 is 31.5. The van der Waals surface area contributed by atoms with Crippen molar-refractivity contribution in [3.8, 4) is 0 Å². The standard InChI is InChI=1S/C14H16ClNO4S/c1-10-2-7-14(20-10)13(17)8-16-21(18,19)9-11-3-5-12(15)6-4-11/h2-7,13,16-17H,8-9H2,1H3. The SMILES string of the molecule is Cc1ccc(C(O)CNS(=O)(=O)Cc2ccc(Cl)cc2)o1. The first-order chi connectivity index (χ1) is 9.85. The molecule has 0 aliphatic heterocycles. The molecule has 0 aliphatic rings. The minimum Gasteiger partial charge on any atom is -0.464 e. The smallest absolute Gasteiger partial charge is 0.215 e. The summed E-state index contributed by atoms with van der Waals surface area (Å²) in [6.45, 7) is 1.61. The first-order valence-electron chi connectivity index (χ1n) is 6.32. The predicted octanol–water partition coefficient (Wildman–Crippen LogP) is 2.39. The van der Waals surface area contributed by atoms with Gasteiger partial charge < -0.3 is 9.52 Å². The molecule has 7 heteroatoms. The lowest BCUT2D eigenvalue weighted by molar-refractivity contribution is 0.152. The third kappa shape index (κ3) is 4.86. The highest BCUT2D eigenvalue weighted by Crippen LogP contribution is 2.16. The summed E-state index contributed by atoms with van der Waals surface area (Å²) >= 11 is 5.75. The van der Waals surface area contributed by atoms with E-state index in [2.05, 4.69) is 4.72 Å². The number of hydrogen-bond acceptors (Lipinski definition) is 4. The third-order valence-electron chi connectivity index (χ3n) is 2.86. The van der Waals surface area contributed by atoms with Crippen LogP contribution in [0.25, 0.3) is 0 Å². The third-order valence-corrected chi connectivity index (χ3v) is 4.43. The van der Waals surface area contributed by atoms with Gasteiger partial charge in [-0.25, -0.2) is 13.1 Å². The van der Waals surface area contributed by atoms with E-state index in [-0.39, 0.29) is 12.3 Å². The molecule has 0 spiro atoms. The molecule has 1 aromatic carbocycles. The molecule has 0 saturated carbocycles. The Kier molecular flexibility index (Phi) is 5.05. The van der Waals surface area contributed by atoms with Gasteiger partial charge in [0.05, 0.1) is 5.75 Å². The van der Waals surface area contributed by atoms with Gasteiger partial charge in [-0.1, -0.05) is 23.7 Å². The zero-order valence-electron chi connectivity index (χ0n) is 11.4. The van der Waals surface area contributed by atoms with Gasteiger partial charge in [0.2, 0.25) is 10.0 Å². The van der Waals surface area contributed by atoms with Gasteiger partial charge in [0, 0.05) is 11.6 Å². The van der Waals surface area contributed by atoms with Gasteiger partial charge in [-0.3, -0.25) is 0 Å². The summed E-state index contributed by atoms with van der Waals surface area (Å²) in [7, 11) is -3.54. The van der Waals surface area contributed by atoms with Crippen LogP contribution in [-0.2, 0) is 15.8 Å². The average molecular weight is 330 g/mol. The Morgan fingerprint density at radius 3 is 2.48 bits per heavy atom. The molecule has 0 saturated heterocycles. The normalized spacial score (nSPS) is 13.3. The van der Waals surface area contributed by atoms with Gasteiger partial charge in [-0.15, -0.1) is 0 Å².